The zero-order valence-electron chi connectivity index (χ0n) is 14.2. The van der Waals surface area contributed by atoms with Crippen LogP contribution in [0.3, 0.4) is 0 Å². The third-order valence-electron chi connectivity index (χ3n) is 4.47. The number of rotatable bonds is 4. The molecule has 1 aliphatic heterocycles. The van der Waals surface area contributed by atoms with Crippen molar-refractivity contribution < 1.29 is 14.3 Å². The van der Waals surface area contributed by atoms with E-state index in [2.05, 4.69) is 10.3 Å². The van der Waals surface area contributed by atoms with Crippen molar-refractivity contribution in [2.75, 3.05) is 19.7 Å². The molecule has 0 atom stereocenters. The quantitative estimate of drug-likeness (QED) is 0.876. The Morgan fingerprint density at radius 1 is 1.36 bits per heavy atom. The second-order valence-corrected chi connectivity index (χ2v) is 6.64. The van der Waals surface area contributed by atoms with Gasteiger partial charge in [0.25, 0.3) is 0 Å². The highest BCUT2D eigenvalue weighted by Crippen LogP contribution is 2.22. The Morgan fingerprint density at radius 3 is 2.84 bits per heavy atom. The molecule has 3 rings (SSSR count). The molecule has 1 saturated heterocycles. The summed E-state index contributed by atoms with van der Waals surface area (Å²) >= 11 is 5.98. The Bertz CT molecular complexity index is 766. The average molecular weight is 364 g/mol. The zero-order valence-corrected chi connectivity index (χ0v) is 14.9. The monoisotopic (exact) mass is 363 g/mol. The van der Waals surface area contributed by atoms with Crippen molar-refractivity contribution in [3.8, 4) is 0 Å². The molecule has 2 N–H and O–H groups in total. The van der Waals surface area contributed by atoms with E-state index in [4.69, 9.17) is 16.3 Å². The summed E-state index contributed by atoms with van der Waals surface area (Å²) < 4.78 is 5.00. The molecule has 2 amide bonds. The van der Waals surface area contributed by atoms with Gasteiger partial charge >= 0.3 is 6.09 Å². The van der Waals surface area contributed by atoms with Gasteiger partial charge in [-0.2, -0.15) is 0 Å². The number of H-pyrrole nitrogens is 1. The van der Waals surface area contributed by atoms with Crippen LogP contribution >= 0.6 is 11.6 Å². The lowest BCUT2D eigenvalue weighted by molar-refractivity contribution is -0.121. The van der Waals surface area contributed by atoms with E-state index in [9.17, 15) is 9.59 Å². The van der Waals surface area contributed by atoms with Crippen LogP contribution in [-0.4, -0.2) is 47.6 Å². The van der Waals surface area contributed by atoms with Crippen molar-refractivity contribution in [3.63, 3.8) is 0 Å². The van der Waals surface area contributed by atoms with Gasteiger partial charge in [-0.05, 0) is 37.5 Å². The number of carbonyl (C=O) groups excluding carboxylic acids is 2. The molecule has 0 aliphatic carbocycles. The molecule has 1 aromatic heterocycles. The van der Waals surface area contributed by atoms with Crippen LogP contribution in [-0.2, 0) is 16.0 Å². The SMILES string of the molecule is CCOC(=O)N1CCC(NC(=O)Cc2c[nH]c3cc(Cl)ccc23)CC1. The zero-order chi connectivity index (χ0) is 17.8. The Morgan fingerprint density at radius 2 is 2.12 bits per heavy atom. The van der Waals surface area contributed by atoms with E-state index in [1.165, 1.54) is 0 Å². The summed E-state index contributed by atoms with van der Waals surface area (Å²) in [6, 6.07) is 5.69. The first-order valence-corrected chi connectivity index (χ1v) is 8.91. The lowest BCUT2D eigenvalue weighted by Gasteiger charge is -2.31. The highest BCUT2D eigenvalue weighted by Gasteiger charge is 2.24. The van der Waals surface area contributed by atoms with E-state index in [1.807, 2.05) is 24.4 Å². The average Bonchev–Trinajstić information content (AvgIpc) is 2.97. The van der Waals surface area contributed by atoms with E-state index in [0.29, 0.717) is 31.1 Å². The van der Waals surface area contributed by atoms with Gasteiger partial charge in [0.05, 0.1) is 13.0 Å². The van der Waals surface area contributed by atoms with Crippen molar-refractivity contribution in [2.45, 2.75) is 32.2 Å². The number of nitrogens with zero attached hydrogens (tertiary/aromatic N) is 1. The lowest BCUT2D eigenvalue weighted by atomic mass is 10.0. The number of aromatic nitrogens is 1. The number of benzene rings is 1. The second-order valence-electron chi connectivity index (χ2n) is 6.21. The molecule has 1 aromatic carbocycles. The van der Waals surface area contributed by atoms with Gasteiger partial charge in [0.2, 0.25) is 5.91 Å². The van der Waals surface area contributed by atoms with Gasteiger partial charge in [0.1, 0.15) is 0 Å². The number of halogens is 1. The van der Waals surface area contributed by atoms with Crippen LogP contribution < -0.4 is 5.32 Å². The van der Waals surface area contributed by atoms with E-state index < -0.39 is 0 Å². The van der Waals surface area contributed by atoms with Crippen LogP contribution in [0.4, 0.5) is 4.79 Å². The predicted octanol–water partition coefficient (Wildman–Crippen LogP) is 3.10. The normalized spacial score (nSPS) is 15.4. The fourth-order valence-corrected chi connectivity index (χ4v) is 3.35. The number of aromatic amines is 1. The smallest absolute Gasteiger partial charge is 0.409 e. The largest absolute Gasteiger partial charge is 0.450 e. The number of hydrogen-bond donors (Lipinski definition) is 2. The van der Waals surface area contributed by atoms with Gasteiger partial charge in [0, 0.05) is 41.3 Å². The van der Waals surface area contributed by atoms with Crippen LogP contribution in [0.15, 0.2) is 24.4 Å². The Balaban J connectivity index is 1.52. The molecule has 1 aliphatic rings. The van der Waals surface area contributed by atoms with Gasteiger partial charge in [-0.25, -0.2) is 4.79 Å². The van der Waals surface area contributed by atoms with E-state index in [-0.39, 0.29) is 18.0 Å². The molecule has 0 radical (unpaired) electrons. The molecular weight excluding hydrogens is 342 g/mol. The van der Waals surface area contributed by atoms with Crippen molar-refractivity contribution >= 4 is 34.5 Å². The minimum atomic E-state index is -0.273. The predicted molar refractivity (Wildman–Crippen MR) is 96.8 cm³/mol. The first kappa shape index (κ1) is 17.6. The molecule has 6 nitrogen and oxygen atoms in total. The number of amides is 2. The molecule has 134 valence electrons. The summed E-state index contributed by atoms with van der Waals surface area (Å²) in [7, 11) is 0. The Kier molecular flexibility index (Phi) is 5.48. The van der Waals surface area contributed by atoms with Crippen LogP contribution in [0.1, 0.15) is 25.3 Å². The third-order valence-corrected chi connectivity index (χ3v) is 4.70. The van der Waals surface area contributed by atoms with Crippen LogP contribution in [0.2, 0.25) is 5.02 Å². The second kappa shape index (κ2) is 7.78. The molecule has 0 saturated carbocycles. The number of ether oxygens (including phenoxy) is 1. The number of hydrogen-bond acceptors (Lipinski definition) is 3. The summed E-state index contributed by atoms with van der Waals surface area (Å²) in [4.78, 5) is 28.9. The van der Waals surface area contributed by atoms with Crippen molar-refractivity contribution in [1.29, 1.82) is 0 Å². The maximum atomic E-state index is 12.4. The van der Waals surface area contributed by atoms with E-state index in [1.54, 1.807) is 11.8 Å². The molecule has 0 unspecified atom stereocenters. The van der Waals surface area contributed by atoms with Gasteiger partial charge < -0.3 is 19.9 Å². The molecule has 0 bridgehead atoms. The summed E-state index contributed by atoms with van der Waals surface area (Å²) in [6.45, 7) is 3.39. The van der Waals surface area contributed by atoms with Gasteiger partial charge in [-0.1, -0.05) is 17.7 Å². The van der Waals surface area contributed by atoms with Crippen LogP contribution in [0, 0.1) is 0 Å². The summed E-state index contributed by atoms with van der Waals surface area (Å²) in [5.41, 5.74) is 1.88. The Hall–Kier alpha value is -2.21. The van der Waals surface area contributed by atoms with Crippen LogP contribution in [0.5, 0.6) is 0 Å². The third kappa shape index (κ3) is 4.25. The number of piperidine rings is 1. The minimum Gasteiger partial charge on any atom is -0.450 e. The molecule has 7 heteroatoms. The maximum Gasteiger partial charge on any atom is 0.409 e. The molecule has 25 heavy (non-hydrogen) atoms. The fourth-order valence-electron chi connectivity index (χ4n) is 3.18. The summed E-state index contributed by atoms with van der Waals surface area (Å²) in [5.74, 6) is -0.00886. The lowest BCUT2D eigenvalue weighted by Crippen LogP contribution is -2.47. The van der Waals surface area contributed by atoms with Crippen molar-refractivity contribution in [1.82, 2.24) is 15.2 Å². The van der Waals surface area contributed by atoms with Crippen LogP contribution in [0.25, 0.3) is 10.9 Å². The Labute approximate surface area is 151 Å². The molecule has 1 fully saturated rings. The van der Waals surface area contributed by atoms with Gasteiger partial charge in [0.15, 0.2) is 0 Å². The fraction of sp³-hybridized carbons (Fsp3) is 0.444. The minimum absolute atomic E-state index is 0.00886. The summed E-state index contributed by atoms with van der Waals surface area (Å²) in [5, 5.41) is 4.74. The molecule has 2 aromatic rings. The molecular formula is C18H22ClN3O3. The topological polar surface area (TPSA) is 74.4 Å². The number of fused-ring (bicyclic) bond motifs is 1. The first-order valence-electron chi connectivity index (χ1n) is 8.53. The highest BCUT2D eigenvalue weighted by atomic mass is 35.5. The number of nitrogens with one attached hydrogen (secondary N) is 2. The molecule has 2 heterocycles. The number of likely N-dealkylation sites (tertiary alicyclic amines) is 1. The van der Waals surface area contributed by atoms with Crippen molar-refractivity contribution in [2.24, 2.45) is 0 Å². The maximum absolute atomic E-state index is 12.4. The van der Waals surface area contributed by atoms with Gasteiger partial charge in [-0.3, -0.25) is 4.79 Å². The van der Waals surface area contributed by atoms with E-state index >= 15 is 0 Å². The number of carbonyl (C=O) groups is 2. The molecule has 0 spiro atoms. The standard InChI is InChI=1S/C18H22ClN3O3/c1-2-25-18(24)22-7-5-14(6-8-22)21-17(23)9-12-11-20-16-10-13(19)3-4-15(12)16/h3-4,10-11,14,20H,2,5-9H2,1H3,(H,21,23). The first-order chi connectivity index (χ1) is 12.1. The van der Waals surface area contributed by atoms with E-state index in [0.717, 1.165) is 29.3 Å². The van der Waals surface area contributed by atoms with Gasteiger partial charge in [-0.15, -0.1) is 0 Å². The highest BCUT2D eigenvalue weighted by molar-refractivity contribution is 6.31. The van der Waals surface area contributed by atoms with Crippen molar-refractivity contribution in [3.05, 3.63) is 35.0 Å². The summed E-state index contributed by atoms with van der Waals surface area (Å²) in [6.07, 6.45) is 3.39.